The molecule has 0 saturated heterocycles. The van der Waals surface area contributed by atoms with E-state index >= 15 is 0 Å². The fourth-order valence-electron chi connectivity index (χ4n) is 1.93. The van der Waals surface area contributed by atoms with E-state index in [4.69, 9.17) is 17.3 Å². The first-order valence-corrected chi connectivity index (χ1v) is 7.91. The Morgan fingerprint density at radius 1 is 1.43 bits per heavy atom. The molecule has 0 fully saturated rings. The van der Waals surface area contributed by atoms with Crippen LogP contribution in [-0.4, -0.2) is 24.4 Å². The van der Waals surface area contributed by atoms with Crippen LogP contribution in [0.2, 0.25) is 5.02 Å². The van der Waals surface area contributed by atoms with Gasteiger partial charge in [0.1, 0.15) is 0 Å². The second-order valence-electron chi connectivity index (χ2n) is 4.90. The van der Waals surface area contributed by atoms with Gasteiger partial charge in [-0.15, -0.1) is 0 Å². The highest BCUT2D eigenvalue weighted by molar-refractivity contribution is 7.07. The van der Waals surface area contributed by atoms with E-state index in [1.807, 2.05) is 7.05 Å². The zero-order valence-electron chi connectivity index (χ0n) is 11.8. The molecule has 4 nitrogen and oxygen atoms in total. The molecule has 0 radical (unpaired) electrons. The molecule has 0 aliphatic carbocycles. The van der Waals surface area contributed by atoms with Crippen LogP contribution in [0, 0.1) is 0 Å². The lowest BCUT2D eigenvalue weighted by atomic mass is 10.2. The third kappa shape index (κ3) is 5.04. The van der Waals surface area contributed by atoms with Crippen molar-refractivity contribution < 1.29 is 4.79 Å². The zero-order chi connectivity index (χ0) is 15.2. The number of benzene rings is 1. The normalized spacial score (nSPS) is 10.8. The zero-order valence-corrected chi connectivity index (χ0v) is 13.4. The SMILES string of the molecule is CN(CCC(=O)Nc1ccc(Cl)cc1N)Cc1ccsc1. The summed E-state index contributed by atoms with van der Waals surface area (Å²) in [6, 6.07) is 7.14. The van der Waals surface area contributed by atoms with Crippen LogP contribution in [0.5, 0.6) is 0 Å². The molecule has 6 heteroatoms. The number of nitrogens with zero attached hydrogens (tertiary/aromatic N) is 1. The van der Waals surface area contributed by atoms with Gasteiger partial charge in [-0.25, -0.2) is 0 Å². The van der Waals surface area contributed by atoms with Crippen LogP contribution in [0.4, 0.5) is 11.4 Å². The van der Waals surface area contributed by atoms with Crippen LogP contribution in [0.15, 0.2) is 35.0 Å². The lowest BCUT2D eigenvalue weighted by Crippen LogP contribution is -2.24. The van der Waals surface area contributed by atoms with Gasteiger partial charge in [0, 0.05) is 24.5 Å². The first-order valence-electron chi connectivity index (χ1n) is 6.59. The quantitative estimate of drug-likeness (QED) is 0.801. The number of carbonyl (C=O) groups excluding carboxylic acids is 1. The topological polar surface area (TPSA) is 58.4 Å². The van der Waals surface area contributed by atoms with Crippen molar-refractivity contribution in [1.82, 2.24) is 4.90 Å². The van der Waals surface area contributed by atoms with Gasteiger partial charge in [-0.3, -0.25) is 4.79 Å². The summed E-state index contributed by atoms with van der Waals surface area (Å²) in [6.07, 6.45) is 0.419. The smallest absolute Gasteiger partial charge is 0.225 e. The van der Waals surface area contributed by atoms with Crippen molar-refractivity contribution in [2.75, 3.05) is 24.6 Å². The molecular weight excluding hydrogens is 306 g/mol. The van der Waals surface area contributed by atoms with Gasteiger partial charge in [0.25, 0.3) is 0 Å². The Kier molecular flexibility index (Phi) is 5.61. The van der Waals surface area contributed by atoms with Gasteiger partial charge < -0.3 is 16.0 Å². The highest BCUT2D eigenvalue weighted by Crippen LogP contribution is 2.22. The Balaban J connectivity index is 1.79. The van der Waals surface area contributed by atoms with Crippen LogP contribution in [0.3, 0.4) is 0 Å². The van der Waals surface area contributed by atoms with Gasteiger partial charge in [-0.05, 0) is 47.6 Å². The Hall–Kier alpha value is -1.56. The average molecular weight is 324 g/mol. The monoisotopic (exact) mass is 323 g/mol. The Bertz CT molecular complexity index is 601. The minimum Gasteiger partial charge on any atom is -0.397 e. The summed E-state index contributed by atoms with van der Waals surface area (Å²) >= 11 is 7.51. The molecule has 1 aromatic carbocycles. The number of amides is 1. The summed E-state index contributed by atoms with van der Waals surface area (Å²) in [5.74, 6) is -0.0545. The lowest BCUT2D eigenvalue weighted by Gasteiger charge is -2.15. The molecule has 0 spiro atoms. The molecule has 0 aliphatic heterocycles. The molecule has 1 aromatic heterocycles. The van der Waals surface area contributed by atoms with E-state index < -0.39 is 0 Å². The number of hydrogen-bond acceptors (Lipinski definition) is 4. The van der Waals surface area contributed by atoms with Crippen LogP contribution in [0.1, 0.15) is 12.0 Å². The van der Waals surface area contributed by atoms with E-state index in [1.54, 1.807) is 29.5 Å². The number of rotatable bonds is 6. The van der Waals surface area contributed by atoms with Crippen LogP contribution in [-0.2, 0) is 11.3 Å². The number of nitrogens with two attached hydrogens (primary N) is 1. The van der Waals surface area contributed by atoms with Crippen molar-refractivity contribution in [2.24, 2.45) is 0 Å². The van der Waals surface area contributed by atoms with E-state index in [1.165, 1.54) is 5.56 Å². The number of anilines is 2. The summed E-state index contributed by atoms with van der Waals surface area (Å²) in [6.45, 7) is 1.54. The molecule has 0 unspecified atom stereocenters. The molecule has 0 saturated carbocycles. The van der Waals surface area contributed by atoms with E-state index in [0.717, 1.165) is 6.54 Å². The Morgan fingerprint density at radius 3 is 2.90 bits per heavy atom. The van der Waals surface area contributed by atoms with Crippen LogP contribution >= 0.6 is 22.9 Å². The second-order valence-corrected chi connectivity index (χ2v) is 6.12. The first-order chi connectivity index (χ1) is 10.0. The summed E-state index contributed by atoms with van der Waals surface area (Å²) in [4.78, 5) is 14.1. The molecule has 1 amide bonds. The largest absolute Gasteiger partial charge is 0.397 e. The predicted molar refractivity (Wildman–Crippen MR) is 89.8 cm³/mol. The molecule has 21 heavy (non-hydrogen) atoms. The van der Waals surface area contributed by atoms with E-state index in [-0.39, 0.29) is 5.91 Å². The maximum atomic E-state index is 11.9. The van der Waals surface area contributed by atoms with Crippen molar-refractivity contribution in [3.05, 3.63) is 45.6 Å². The number of thiophene rings is 1. The van der Waals surface area contributed by atoms with Crippen molar-refractivity contribution in [3.8, 4) is 0 Å². The van der Waals surface area contributed by atoms with E-state index in [0.29, 0.717) is 29.4 Å². The molecule has 0 atom stereocenters. The standard InChI is InChI=1S/C15H18ClN3OS/c1-19(9-11-5-7-21-10-11)6-4-15(20)18-14-3-2-12(16)8-13(14)17/h2-3,5,7-8,10H,4,6,9,17H2,1H3,(H,18,20). The van der Waals surface area contributed by atoms with E-state index in [9.17, 15) is 4.79 Å². The fourth-order valence-corrected chi connectivity index (χ4v) is 2.77. The second kappa shape index (κ2) is 7.45. The van der Waals surface area contributed by atoms with Gasteiger partial charge in [0.05, 0.1) is 11.4 Å². The van der Waals surface area contributed by atoms with Crippen LogP contribution < -0.4 is 11.1 Å². The van der Waals surface area contributed by atoms with Crippen molar-refractivity contribution in [1.29, 1.82) is 0 Å². The molecular formula is C15H18ClN3OS. The molecule has 112 valence electrons. The Morgan fingerprint density at radius 2 is 2.24 bits per heavy atom. The molecule has 3 N–H and O–H groups in total. The minimum atomic E-state index is -0.0545. The number of hydrogen-bond donors (Lipinski definition) is 2. The van der Waals surface area contributed by atoms with Gasteiger partial charge in [0.2, 0.25) is 5.91 Å². The number of nitrogen functional groups attached to an aromatic ring is 1. The average Bonchev–Trinajstić information content (AvgIpc) is 2.92. The molecule has 2 rings (SSSR count). The minimum absolute atomic E-state index is 0.0545. The maximum Gasteiger partial charge on any atom is 0.225 e. The molecule has 0 bridgehead atoms. The fraction of sp³-hybridized carbons (Fsp3) is 0.267. The summed E-state index contributed by atoms with van der Waals surface area (Å²) < 4.78 is 0. The third-order valence-electron chi connectivity index (χ3n) is 3.04. The van der Waals surface area contributed by atoms with Gasteiger partial charge in [-0.1, -0.05) is 11.6 Å². The third-order valence-corrected chi connectivity index (χ3v) is 4.01. The van der Waals surface area contributed by atoms with Gasteiger partial charge in [-0.2, -0.15) is 11.3 Å². The predicted octanol–water partition coefficient (Wildman–Crippen LogP) is 3.44. The first kappa shape index (κ1) is 15.8. The number of nitrogens with one attached hydrogen (secondary N) is 1. The van der Waals surface area contributed by atoms with Gasteiger partial charge >= 0.3 is 0 Å². The van der Waals surface area contributed by atoms with E-state index in [2.05, 4.69) is 27.0 Å². The summed E-state index contributed by atoms with van der Waals surface area (Å²) in [7, 11) is 2.00. The van der Waals surface area contributed by atoms with Crippen molar-refractivity contribution in [2.45, 2.75) is 13.0 Å². The summed E-state index contributed by atoms with van der Waals surface area (Å²) in [5, 5.41) is 7.53. The van der Waals surface area contributed by atoms with Gasteiger partial charge in [0.15, 0.2) is 0 Å². The highest BCUT2D eigenvalue weighted by atomic mass is 35.5. The number of carbonyl (C=O) groups is 1. The number of halogens is 1. The highest BCUT2D eigenvalue weighted by Gasteiger charge is 2.08. The van der Waals surface area contributed by atoms with Crippen LogP contribution in [0.25, 0.3) is 0 Å². The summed E-state index contributed by atoms with van der Waals surface area (Å²) in [5.41, 5.74) is 8.15. The molecule has 1 heterocycles. The Labute approximate surface area is 133 Å². The van der Waals surface area contributed by atoms with Crippen molar-refractivity contribution >= 4 is 40.2 Å². The lowest BCUT2D eigenvalue weighted by molar-refractivity contribution is -0.116. The van der Waals surface area contributed by atoms with Crippen molar-refractivity contribution in [3.63, 3.8) is 0 Å². The molecule has 2 aromatic rings. The molecule has 0 aliphatic rings. The maximum absolute atomic E-state index is 11.9.